The van der Waals surface area contributed by atoms with Gasteiger partial charge in [0.2, 0.25) is 5.91 Å². The molecule has 5 heteroatoms. The van der Waals surface area contributed by atoms with Gasteiger partial charge in [-0.1, -0.05) is 6.07 Å². The summed E-state index contributed by atoms with van der Waals surface area (Å²) < 4.78 is 26.0. The number of carbonyl (C=O) groups excluding carboxylic acids is 1. The number of hydrogen-bond acceptors (Lipinski definition) is 1. The van der Waals surface area contributed by atoms with E-state index >= 15 is 0 Å². The molecule has 3 nitrogen and oxygen atoms in total. The van der Waals surface area contributed by atoms with Crippen LogP contribution in [0, 0.1) is 11.6 Å². The van der Waals surface area contributed by atoms with Gasteiger partial charge in [-0.15, -0.1) is 0 Å². The summed E-state index contributed by atoms with van der Waals surface area (Å²) >= 11 is 0. The van der Waals surface area contributed by atoms with E-state index in [0.717, 1.165) is 17.7 Å². The number of aromatic amines is 1. The van der Waals surface area contributed by atoms with Crippen LogP contribution in [0.25, 0.3) is 0 Å². The number of carbonyl (C=O) groups is 1. The van der Waals surface area contributed by atoms with Crippen molar-refractivity contribution < 1.29 is 13.6 Å². The Kier molecular flexibility index (Phi) is 3.72. The van der Waals surface area contributed by atoms with Crippen LogP contribution in [0.5, 0.6) is 0 Å². The summed E-state index contributed by atoms with van der Waals surface area (Å²) in [5.74, 6) is -1.66. The first-order valence-electron chi connectivity index (χ1n) is 5.47. The second-order valence-electron chi connectivity index (χ2n) is 3.91. The van der Waals surface area contributed by atoms with E-state index in [0.29, 0.717) is 6.54 Å². The Hall–Kier alpha value is -2.17. The van der Waals surface area contributed by atoms with Crippen LogP contribution in [0.4, 0.5) is 8.78 Å². The molecule has 0 radical (unpaired) electrons. The predicted molar refractivity (Wildman–Crippen MR) is 62.7 cm³/mol. The summed E-state index contributed by atoms with van der Waals surface area (Å²) in [7, 11) is 0. The Balaban J connectivity index is 1.91. The summed E-state index contributed by atoms with van der Waals surface area (Å²) in [6.45, 7) is 0.380. The fraction of sp³-hybridized carbons (Fsp3) is 0.154. The van der Waals surface area contributed by atoms with Gasteiger partial charge in [-0.25, -0.2) is 8.78 Å². The van der Waals surface area contributed by atoms with Gasteiger partial charge in [-0.05, 0) is 23.3 Å². The molecule has 0 aliphatic rings. The fourth-order valence-corrected chi connectivity index (χ4v) is 1.57. The van der Waals surface area contributed by atoms with Crippen LogP contribution < -0.4 is 5.32 Å². The molecule has 0 aliphatic heterocycles. The van der Waals surface area contributed by atoms with E-state index in [2.05, 4.69) is 10.3 Å². The smallest absolute Gasteiger partial charge is 0.224 e. The van der Waals surface area contributed by atoms with Gasteiger partial charge in [0, 0.05) is 25.0 Å². The molecule has 0 unspecified atom stereocenters. The van der Waals surface area contributed by atoms with Crippen LogP contribution in [-0.2, 0) is 17.8 Å². The van der Waals surface area contributed by atoms with E-state index in [-0.39, 0.29) is 17.9 Å². The van der Waals surface area contributed by atoms with E-state index in [9.17, 15) is 13.6 Å². The summed E-state index contributed by atoms with van der Waals surface area (Å²) in [6, 6.07) is 5.02. The highest BCUT2D eigenvalue weighted by molar-refractivity contribution is 5.78. The standard InChI is InChI=1S/C13H12F2N2O/c14-11-2-1-10(12(15)6-11)5-13(18)17-8-9-3-4-16-7-9/h1-4,6-7,16H,5,8H2,(H,17,18). The molecule has 0 fully saturated rings. The number of hydrogen-bond donors (Lipinski definition) is 2. The van der Waals surface area contributed by atoms with Gasteiger partial charge in [0.15, 0.2) is 0 Å². The zero-order valence-corrected chi connectivity index (χ0v) is 9.54. The van der Waals surface area contributed by atoms with Gasteiger partial charge < -0.3 is 10.3 Å². The van der Waals surface area contributed by atoms with Gasteiger partial charge in [-0.3, -0.25) is 4.79 Å². The molecule has 0 aliphatic carbocycles. The number of rotatable bonds is 4. The van der Waals surface area contributed by atoms with Crippen molar-refractivity contribution in [2.75, 3.05) is 0 Å². The van der Waals surface area contributed by atoms with Gasteiger partial charge in [0.1, 0.15) is 11.6 Å². The minimum Gasteiger partial charge on any atom is -0.367 e. The van der Waals surface area contributed by atoms with Crippen molar-refractivity contribution in [3.05, 3.63) is 59.4 Å². The highest BCUT2D eigenvalue weighted by Crippen LogP contribution is 2.10. The van der Waals surface area contributed by atoms with Crippen molar-refractivity contribution in [3.63, 3.8) is 0 Å². The molecule has 0 atom stereocenters. The number of amides is 1. The van der Waals surface area contributed by atoms with Gasteiger partial charge in [0.05, 0.1) is 6.42 Å². The maximum absolute atomic E-state index is 13.3. The molecule has 0 spiro atoms. The Morgan fingerprint density at radius 3 is 2.78 bits per heavy atom. The van der Waals surface area contributed by atoms with Crippen LogP contribution in [-0.4, -0.2) is 10.9 Å². The lowest BCUT2D eigenvalue weighted by Gasteiger charge is -2.05. The van der Waals surface area contributed by atoms with Crippen molar-refractivity contribution in [2.45, 2.75) is 13.0 Å². The topological polar surface area (TPSA) is 44.9 Å². The number of H-pyrrole nitrogens is 1. The Morgan fingerprint density at radius 2 is 2.11 bits per heavy atom. The van der Waals surface area contributed by atoms with Gasteiger partial charge in [-0.2, -0.15) is 0 Å². The predicted octanol–water partition coefficient (Wildman–Crippen LogP) is 2.15. The molecule has 1 heterocycles. The molecule has 0 saturated carbocycles. The Labute approximate surface area is 103 Å². The quantitative estimate of drug-likeness (QED) is 0.858. The largest absolute Gasteiger partial charge is 0.367 e. The van der Waals surface area contributed by atoms with E-state index in [4.69, 9.17) is 0 Å². The lowest BCUT2D eigenvalue weighted by Crippen LogP contribution is -2.24. The first-order valence-corrected chi connectivity index (χ1v) is 5.47. The van der Waals surface area contributed by atoms with Crippen molar-refractivity contribution in [1.29, 1.82) is 0 Å². The molecule has 2 N–H and O–H groups in total. The first-order chi connectivity index (χ1) is 8.65. The van der Waals surface area contributed by atoms with Gasteiger partial charge >= 0.3 is 0 Å². The second kappa shape index (κ2) is 5.44. The molecule has 2 aromatic rings. The highest BCUT2D eigenvalue weighted by atomic mass is 19.1. The molecular weight excluding hydrogens is 238 g/mol. The second-order valence-corrected chi connectivity index (χ2v) is 3.91. The Bertz CT molecular complexity index is 538. The molecule has 0 saturated heterocycles. The third kappa shape index (κ3) is 3.16. The molecular formula is C13H12F2N2O. The maximum Gasteiger partial charge on any atom is 0.224 e. The molecule has 18 heavy (non-hydrogen) atoms. The number of benzene rings is 1. The van der Waals surface area contributed by atoms with E-state index < -0.39 is 11.6 Å². The average Bonchev–Trinajstić information content (AvgIpc) is 2.83. The number of nitrogens with one attached hydrogen (secondary N) is 2. The number of aromatic nitrogens is 1. The zero-order chi connectivity index (χ0) is 13.0. The highest BCUT2D eigenvalue weighted by Gasteiger charge is 2.08. The van der Waals surface area contributed by atoms with E-state index in [1.807, 2.05) is 6.07 Å². The van der Waals surface area contributed by atoms with Crippen LogP contribution >= 0.6 is 0 Å². The molecule has 2 rings (SSSR count). The number of halogens is 2. The van der Waals surface area contributed by atoms with Crippen molar-refractivity contribution >= 4 is 5.91 Å². The molecule has 1 aromatic heterocycles. The van der Waals surface area contributed by atoms with Crippen molar-refractivity contribution in [3.8, 4) is 0 Å². The average molecular weight is 250 g/mol. The van der Waals surface area contributed by atoms with E-state index in [1.165, 1.54) is 6.07 Å². The van der Waals surface area contributed by atoms with Gasteiger partial charge in [0.25, 0.3) is 0 Å². The van der Waals surface area contributed by atoms with Crippen LogP contribution in [0.2, 0.25) is 0 Å². The zero-order valence-electron chi connectivity index (χ0n) is 9.54. The summed E-state index contributed by atoms with van der Waals surface area (Å²) in [5, 5.41) is 2.66. The third-order valence-electron chi connectivity index (χ3n) is 2.52. The summed E-state index contributed by atoms with van der Waals surface area (Å²) in [6.07, 6.45) is 3.41. The van der Waals surface area contributed by atoms with E-state index in [1.54, 1.807) is 12.4 Å². The molecule has 1 aromatic carbocycles. The lowest BCUT2D eigenvalue weighted by atomic mass is 10.1. The molecule has 1 amide bonds. The Morgan fingerprint density at radius 1 is 1.28 bits per heavy atom. The SMILES string of the molecule is O=C(Cc1ccc(F)cc1F)NCc1cc[nH]c1. The summed E-state index contributed by atoms with van der Waals surface area (Å²) in [5.41, 5.74) is 1.12. The van der Waals surface area contributed by atoms with Crippen LogP contribution in [0.1, 0.15) is 11.1 Å². The fourth-order valence-electron chi connectivity index (χ4n) is 1.57. The minimum absolute atomic E-state index is 0.101. The normalized spacial score (nSPS) is 10.3. The monoisotopic (exact) mass is 250 g/mol. The van der Waals surface area contributed by atoms with Crippen LogP contribution in [0.3, 0.4) is 0 Å². The molecule has 94 valence electrons. The first kappa shape index (κ1) is 12.3. The third-order valence-corrected chi connectivity index (χ3v) is 2.52. The van der Waals surface area contributed by atoms with Crippen molar-refractivity contribution in [2.24, 2.45) is 0 Å². The maximum atomic E-state index is 13.3. The molecule has 0 bridgehead atoms. The minimum atomic E-state index is -0.702. The summed E-state index contributed by atoms with van der Waals surface area (Å²) in [4.78, 5) is 14.4. The lowest BCUT2D eigenvalue weighted by molar-refractivity contribution is -0.120. The van der Waals surface area contributed by atoms with Crippen LogP contribution in [0.15, 0.2) is 36.7 Å². The van der Waals surface area contributed by atoms with Crippen molar-refractivity contribution in [1.82, 2.24) is 10.3 Å².